The Labute approximate surface area is 400 Å². The van der Waals surface area contributed by atoms with Crippen molar-refractivity contribution in [1.29, 1.82) is 0 Å². The highest BCUT2D eigenvalue weighted by atomic mass is 32.1. The molecule has 0 aromatic rings. The third-order valence-electron chi connectivity index (χ3n) is 10.4. The summed E-state index contributed by atoms with van der Waals surface area (Å²) in [4.78, 5) is 157. The molecule has 30 nitrogen and oxygen atoms in total. The monoisotopic (exact) mass is 1000 g/mol. The van der Waals surface area contributed by atoms with Gasteiger partial charge >= 0.3 is 5.97 Å². The van der Waals surface area contributed by atoms with E-state index in [1.54, 1.807) is 13.8 Å². The summed E-state index contributed by atoms with van der Waals surface area (Å²) in [5.41, 5.74) is 26.6. The Kier molecular flexibility index (Phi) is 26.6. The molecule has 1 saturated heterocycles. The number of aliphatic imine (C=N–C) groups is 1. The topological polar surface area (TPSA) is 507 Å². The van der Waals surface area contributed by atoms with E-state index in [0.29, 0.717) is 6.42 Å². The number of carboxylic acids is 1. The average molecular weight is 1000 g/mol. The minimum absolute atomic E-state index is 0.00548. The smallest absolute Gasteiger partial charge is 0.305 e. The summed E-state index contributed by atoms with van der Waals surface area (Å²) in [7, 11) is 0. The molecule has 21 N–H and O–H groups in total. The highest BCUT2D eigenvalue weighted by Crippen LogP contribution is 2.18. The lowest BCUT2D eigenvalue weighted by Gasteiger charge is -2.29. The van der Waals surface area contributed by atoms with Crippen LogP contribution in [-0.2, 0) is 57.5 Å². The first-order valence-electron chi connectivity index (χ1n) is 21.5. The van der Waals surface area contributed by atoms with E-state index in [9.17, 15) is 72.9 Å². The molecular weight excluding hydrogens is 939 g/mol. The Morgan fingerprint density at radius 3 is 1.83 bits per heavy atom. The lowest BCUT2D eigenvalue weighted by Crippen LogP contribution is -2.61. The van der Waals surface area contributed by atoms with Gasteiger partial charge in [0.1, 0.15) is 42.3 Å². The minimum Gasteiger partial charge on any atom is -0.481 e. The molecule has 0 saturated carbocycles. The molecule has 1 heterocycles. The fourth-order valence-electron chi connectivity index (χ4n) is 6.34. The second-order valence-electron chi connectivity index (χ2n) is 15.7. The van der Waals surface area contributed by atoms with Gasteiger partial charge in [0.05, 0.1) is 45.2 Å². The van der Waals surface area contributed by atoms with Crippen molar-refractivity contribution in [2.24, 2.45) is 39.6 Å². The highest BCUT2D eigenvalue weighted by Gasteiger charge is 2.38. The average Bonchev–Trinajstić information content (AvgIpc) is 3.79. The van der Waals surface area contributed by atoms with Gasteiger partial charge in [-0.1, -0.05) is 20.3 Å². The molecule has 1 aliphatic rings. The number of aliphatic carboxylic acids is 1. The van der Waals surface area contributed by atoms with Crippen LogP contribution in [0.5, 0.6) is 0 Å². The third-order valence-corrected chi connectivity index (χ3v) is 10.7. The van der Waals surface area contributed by atoms with Crippen LogP contribution >= 0.6 is 12.6 Å². The first-order chi connectivity index (χ1) is 32.4. The van der Waals surface area contributed by atoms with Crippen LogP contribution in [0.15, 0.2) is 4.99 Å². The zero-order valence-electron chi connectivity index (χ0n) is 38.1. The lowest BCUT2D eigenvalue weighted by atomic mass is 9.97. The van der Waals surface area contributed by atoms with Gasteiger partial charge in [-0.3, -0.25) is 62.5 Å². The number of carbonyl (C=O) groups excluding carboxylic acids is 11. The first kappa shape index (κ1) is 60.2. The number of guanidine groups is 1. The predicted molar refractivity (Wildman–Crippen MR) is 243 cm³/mol. The molecule has 1 rings (SSSR count). The van der Waals surface area contributed by atoms with Gasteiger partial charge in [-0.2, -0.15) is 12.6 Å². The maximum atomic E-state index is 13.5. The number of carbonyl (C=O) groups is 12. The van der Waals surface area contributed by atoms with Crippen molar-refractivity contribution >= 4 is 89.5 Å². The largest absolute Gasteiger partial charge is 0.481 e. The van der Waals surface area contributed by atoms with Crippen LogP contribution in [0.25, 0.3) is 0 Å². The second kappa shape index (κ2) is 30.5. The summed E-state index contributed by atoms with van der Waals surface area (Å²) in [5, 5.41) is 46.8. The Bertz CT molecular complexity index is 1910. The molecule has 1 fully saturated rings. The van der Waals surface area contributed by atoms with E-state index in [0.717, 1.165) is 4.90 Å². The summed E-state index contributed by atoms with van der Waals surface area (Å²) in [5.74, 6) is -13.5. The van der Waals surface area contributed by atoms with Gasteiger partial charge in [0, 0.05) is 18.8 Å². The molecule has 0 spiro atoms. The van der Waals surface area contributed by atoms with Gasteiger partial charge in [0.25, 0.3) is 0 Å². The number of primary amides is 2. The number of nitrogens with zero attached hydrogens (tertiary/aromatic N) is 2. The molecule has 69 heavy (non-hydrogen) atoms. The molecule has 388 valence electrons. The van der Waals surface area contributed by atoms with Crippen LogP contribution in [0.2, 0.25) is 0 Å². The van der Waals surface area contributed by atoms with Gasteiger partial charge in [-0.05, 0) is 31.6 Å². The van der Waals surface area contributed by atoms with E-state index in [-0.39, 0.29) is 50.5 Å². The Morgan fingerprint density at radius 2 is 1.28 bits per heavy atom. The Morgan fingerprint density at radius 1 is 0.710 bits per heavy atom. The van der Waals surface area contributed by atoms with Crippen molar-refractivity contribution in [3.05, 3.63) is 0 Å². The molecule has 1 aliphatic heterocycles. The molecule has 9 atom stereocenters. The number of nitrogens with two attached hydrogens (primary N) is 5. The fourth-order valence-corrected chi connectivity index (χ4v) is 6.60. The summed E-state index contributed by atoms with van der Waals surface area (Å²) in [6, 6.07) is -11.8. The van der Waals surface area contributed by atoms with E-state index in [1.165, 1.54) is 0 Å². The molecule has 0 aliphatic carbocycles. The fraction of sp³-hybridized carbons (Fsp3) is 0.658. The lowest BCUT2D eigenvalue weighted by molar-refractivity contribution is -0.142. The molecule has 0 unspecified atom stereocenters. The standard InChI is InChI=1S/C38H65N15O15S/c1-3-17(2)29(37(68)48-19(10-25(40)56)33(64)49-21(14-54)30(41)61)52-35(66)23(16-69)51-34(65)22(15-55)50-36(67)24-7-5-9-53(24)27(58)13-46-32(63)20(11-28(59)60)47-26(57)12-45-31(62)18(39)6-4-8-44-38(42)43/h17-24,29,54-55,69H,3-16,39H2,1-2H3,(H2,40,56)(H2,41,61)(H,45,62)(H,46,63)(H,47,57)(H,48,68)(H,49,64)(H,50,67)(H,51,65)(H,52,66)(H,59,60)(H4,42,43,44)/t17-,18-,19-,20-,21-,22-,23-,24-,29-/m0/s1. The summed E-state index contributed by atoms with van der Waals surface area (Å²) < 4.78 is 0. The zero-order valence-corrected chi connectivity index (χ0v) is 39.0. The van der Waals surface area contributed by atoms with Crippen LogP contribution in [0.3, 0.4) is 0 Å². The van der Waals surface area contributed by atoms with Gasteiger partial charge in [-0.15, -0.1) is 0 Å². The number of rotatable bonds is 31. The summed E-state index contributed by atoms with van der Waals surface area (Å²) in [6.07, 6.45) is -0.529. The van der Waals surface area contributed by atoms with E-state index in [2.05, 4.69) is 60.2 Å². The number of nitrogens with one attached hydrogen (secondary N) is 8. The van der Waals surface area contributed by atoms with E-state index < -0.39 is 164 Å². The van der Waals surface area contributed by atoms with Gasteiger partial charge in [-0.25, -0.2) is 0 Å². The molecular formula is C38H65N15O15S. The molecule has 0 aromatic carbocycles. The summed E-state index contributed by atoms with van der Waals surface area (Å²) in [6.45, 7) is 0.0824. The summed E-state index contributed by atoms with van der Waals surface area (Å²) >= 11 is 4.11. The van der Waals surface area contributed by atoms with Crippen molar-refractivity contribution in [2.75, 3.05) is 45.1 Å². The molecule has 0 radical (unpaired) electrons. The quantitative estimate of drug-likeness (QED) is 0.0133. The van der Waals surface area contributed by atoms with Crippen molar-refractivity contribution in [2.45, 2.75) is 107 Å². The van der Waals surface area contributed by atoms with Crippen molar-refractivity contribution in [3.63, 3.8) is 0 Å². The van der Waals surface area contributed by atoms with Crippen molar-refractivity contribution < 1.29 is 72.9 Å². The third kappa shape index (κ3) is 21.3. The van der Waals surface area contributed by atoms with E-state index in [1.807, 2.05) is 0 Å². The maximum absolute atomic E-state index is 13.5. The normalized spacial score (nSPS) is 16.5. The molecule has 31 heteroatoms. The van der Waals surface area contributed by atoms with Crippen molar-refractivity contribution in [3.8, 4) is 0 Å². The van der Waals surface area contributed by atoms with Gasteiger partial charge < -0.3 is 91.4 Å². The molecule has 11 amide bonds. The molecule has 0 bridgehead atoms. The van der Waals surface area contributed by atoms with Crippen LogP contribution in [0, 0.1) is 5.92 Å². The maximum Gasteiger partial charge on any atom is 0.305 e. The predicted octanol–water partition coefficient (Wildman–Crippen LogP) is -9.70. The highest BCUT2D eigenvalue weighted by molar-refractivity contribution is 7.80. The number of aliphatic hydroxyl groups excluding tert-OH is 2. The minimum atomic E-state index is -1.70. The first-order valence-corrected chi connectivity index (χ1v) is 22.1. The van der Waals surface area contributed by atoms with Crippen LogP contribution in [-0.4, -0.2) is 191 Å². The number of hydrogen-bond acceptors (Lipinski definition) is 17. The van der Waals surface area contributed by atoms with Crippen LogP contribution < -0.4 is 71.2 Å². The number of hydrogen-bond donors (Lipinski definition) is 17. The zero-order chi connectivity index (χ0) is 52.5. The van der Waals surface area contributed by atoms with Crippen LogP contribution in [0.1, 0.15) is 58.8 Å². The molecule has 0 aromatic heterocycles. The number of amides is 11. The number of thiol groups is 1. The van der Waals surface area contributed by atoms with Crippen molar-refractivity contribution in [1.82, 2.24) is 47.4 Å². The van der Waals surface area contributed by atoms with Crippen LogP contribution in [0.4, 0.5) is 0 Å². The SMILES string of the molecule is CC[C@H](C)[C@H](NC(=O)[C@H](CS)NC(=O)[C@H](CO)NC(=O)[C@@H]1CCCN1C(=O)CNC(=O)[C@H](CC(=O)O)NC(=O)CNC(=O)[C@@H](N)CCCN=C(N)N)C(=O)N[C@@H](CC(N)=O)C(=O)N[C@@H](CO)C(N)=O. The van der Waals surface area contributed by atoms with E-state index >= 15 is 0 Å². The van der Waals surface area contributed by atoms with E-state index in [4.69, 9.17) is 28.7 Å². The second-order valence-corrected chi connectivity index (χ2v) is 16.1. The van der Waals surface area contributed by atoms with Gasteiger partial charge in [0.15, 0.2) is 5.96 Å². The number of aliphatic hydroxyl groups is 2. The van der Waals surface area contributed by atoms with Gasteiger partial charge in [0.2, 0.25) is 65.0 Å². The number of likely N-dealkylation sites (tertiary alicyclic amines) is 1. The Balaban J connectivity index is 2.96. The Hall–Kier alpha value is -6.86. The number of carboxylic acid groups (broad SMARTS) is 1.